The summed E-state index contributed by atoms with van der Waals surface area (Å²) < 4.78 is 4.95. The maximum atomic E-state index is 4.45. The van der Waals surface area contributed by atoms with Gasteiger partial charge in [-0.05, 0) is 54.3 Å². The topological polar surface area (TPSA) is 22.8 Å². The van der Waals surface area contributed by atoms with Crippen LogP contribution in [0.15, 0.2) is 85.2 Å². The molecule has 0 radical (unpaired) electrons. The number of hydrogen-bond donors (Lipinski definition) is 0. The van der Waals surface area contributed by atoms with Gasteiger partial charge < -0.3 is 9.13 Å². The van der Waals surface area contributed by atoms with E-state index in [0.29, 0.717) is 0 Å². The molecule has 3 nitrogen and oxygen atoms in total. The molecule has 2 aliphatic rings. The number of aromatic nitrogens is 3. The molecule has 8 rings (SSSR count). The molecule has 0 amide bonds. The first-order valence-corrected chi connectivity index (χ1v) is 12.5. The Kier molecular flexibility index (Phi) is 3.58. The van der Waals surface area contributed by atoms with E-state index in [1.165, 1.54) is 66.5 Å². The van der Waals surface area contributed by atoms with E-state index >= 15 is 0 Å². The third-order valence-electron chi connectivity index (χ3n) is 8.26. The minimum atomic E-state index is -0.119. The van der Waals surface area contributed by atoms with Gasteiger partial charge in [0, 0.05) is 50.9 Å². The molecule has 1 aliphatic carbocycles. The number of fused-ring (bicyclic) bond motifs is 8. The molecule has 168 valence electrons. The van der Waals surface area contributed by atoms with Crippen LogP contribution in [-0.4, -0.2) is 14.1 Å². The Morgan fingerprint density at radius 3 is 2.60 bits per heavy atom. The Balaban J connectivity index is 1.47. The van der Waals surface area contributed by atoms with Crippen LogP contribution in [0.25, 0.3) is 50.2 Å². The third kappa shape index (κ3) is 2.33. The number of nitrogens with zero attached hydrogens (tertiary/aromatic N) is 3. The third-order valence-corrected chi connectivity index (χ3v) is 8.26. The minimum Gasteiger partial charge on any atom is -0.313 e. The van der Waals surface area contributed by atoms with Gasteiger partial charge in [0.25, 0.3) is 0 Å². The van der Waals surface area contributed by atoms with Crippen LogP contribution in [0.5, 0.6) is 0 Å². The highest BCUT2D eigenvalue weighted by atomic mass is 15.0. The van der Waals surface area contributed by atoms with Gasteiger partial charge in [-0.15, -0.1) is 0 Å². The van der Waals surface area contributed by atoms with Crippen LogP contribution in [0.2, 0.25) is 0 Å². The van der Waals surface area contributed by atoms with E-state index < -0.39 is 0 Å². The summed E-state index contributed by atoms with van der Waals surface area (Å²) in [5.41, 5.74) is 11.8. The van der Waals surface area contributed by atoms with Crippen molar-refractivity contribution in [3.63, 3.8) is 0 Å². The summed E-state index contributed by atoms with van der Waals surface area (Å²) in [5.74, 6) is 0. The van der Waals surface area contributed by atoms with Crippen molar-refractivity contribution in [3.05, 3.63) is 108 Å². The minimum absolute atomic E-state index is 0.119. The number of para-hydroxylation sites is 2. The average molecular weight is 452 g/mol. The van der Waals surface area contributed by atoms with E-state index in [1.807, 2.05) is 12.4 Å². The standard InChI is InChI=1S/C32H25N3/c1-32(2)25-11-7-10-23-24-19-33-17-16-29(24)35(31(23)25)30-15-14-20(18-26(30)32)34-27-12-5-3-8-21(27)22-9-4-6-13-28(22)34/h3-5,7-12,14-19H,6,13H2,1-2H3. The first-order valence-electron chi connectivity index (χ1n) is 12.5. The van der Waals surface area contributed by atoms with E-state index in [9.17, 15) is 0 Å². The quantitative estimate of drug-likeness (QED) is 0.251. The van der Waals surface area contributed by atoms with Gasteiger partial charge in [0.2, 0.25) is 0 Å². The maximum Gasteiger partial charge on any atom is 0.0582 e. The molecular formula is C32H25N3. The molecule has 35 heavy (non-hydrogen) atoms. The number of pyridine rings is 1. The van der Waals surface area contributed by atoms with E-state index in [4.69, 9.17) is 0 Å². The van der Waals surface area contributed by atoms with Gasteiger partial charge >= 0.3 is 0 Å². The molecule has 3 aromatic heterocycles. The van der Waals surface area contributed by atoms with Crippen molar-refractivity contribution >= 4 is 38.8 Å². The van der Waals surface area contributed by atoms with Crippen LogP contribution in [0, 0.1) is 0 Å². The van der Waals surface area contributed by atoms with Crippen LogP contribution >= 0.6 is 0 Å². The van der Waals surface area contributed by atoms with Crippen molar-refractivity contribution in [3.8, 4) is 11.4 Å². The number of benzene rings is 3. The summed E-state index contributed by atoms with van der Waals surface area (Å²) in [6.45, 7) is 4.74. The van der Waals surface area contributed by atoms with Gasteiger partial charge in [-0.25, -0.2) is 0 Å². The molecule has 0 bridgehead atoms. The van der Waals surface area contributed by atoms with Gasteiger partial charge in [-0.1, -0.05) is 62.4 Å². The Hall–Kier alpha value is -4.11. The zero-order valence-corrected chi connectivity index (χ0v) is 19.9. The lowest BCUT2D eigenvalue weighted by molar-refractivity contribution is 0.629. The van der Waals surface area contributed by atoms with E-state index in [0.717, 1.165) is 12.8 Å². The molecule has 0 saturated heterocycles. The van der Waals surface area contributed by atoms with Crippen LogP contribution in [0.4, 0.5) is 0 Å². The molecule has 0 spiro atoms. The molecule has 3 heteroatoms. The molecule has 3 aromatic carbocycles. The second-order valence-electron chi connectivity index (χ2n) is 10.4. The Bertz CT molecular complexity index is 1880. The van der Waals surface area contributed by atoms with E-state index in [-0.39, 0.29) is 5.41 Å². The lowest BCUT2D eigenvalue weighted by Crippen LogP contribution is -2.26. The van der Waals surface area contributed by atoms with Gasteiger partial charge in [-0.3, -0.25) is 4.98 Å². The van der Waals surface area contributed by atoms with Crippen molar-refractivity contribution in [1.82, 2.24) is 14.1 Å². The van der Waals surface area contributed by atoms with Crippen LogP contribution in [0.3, 0.4) is 0 Å². The van der Waals surface area contributed by atoms with Crippen molar-refractivity contribution in [2.75, 3.05) is 0 Å². The second-order valence-corrected chi connectivity index (χ2v) is 10.4. The van der Waals surface area contributed by atoms with Gasteiger partial charge in [0.05, 0.1) is 22.2 Å². The van der Waals surface area contributed by atoms with Crippen molar-refractivity contribution in [2.24, 2.45) is 0 Å². The predicted molar refractivity (Wildman–Crippen MR) is 145 cm³/mol. The highest BCUT2D eigenvalue weighted by Gasteiger charge is 2.35. The predicted octanol–water partition coefficient (Wildman–Crippen LogP) is 7.72. The monoisotopic (exact) mass is 451 g/mol. The molecule has 4 heterocycles. The lowest BCUT2D eigenvalue weighted by atomic mass is 9.74. The van der Waals surface area contributed by atoms with Crippen molar-refractivity contribution < 1.29 is 0 Å². The normalized spacial score (nSPS) is 15.6. The molecule has 0 saturated carbocycles. The van der Waals surface area contributed by atoms with Gasteiger partial charge in [0.15, 0.2) is 0 Å². The fourth-order valence-corrected chi connectivity index (χ4v) is 6.64. The van der Waals surface area contributed by atoms with Crippen LogP contribution < -0.4 is 0 Å². The fraction of sp³-hybridized carbons (Fsp3) is 0.156. The number of allylic oxidation sites excluding steroid dienone is 1. The summed E-state index contributed by atoms with van der Waals surface area (Å²) in [7, 11) is 0. The first-order chi connectivity index (χ1) is 17.1. The maximum absolute atomic E-state index is 4.45. The first kappa shape index (κ1) is 19.2. The highest BCUT2D eigenvalue weighted by molar-refractivity contribution is 6.11. The van der Waals surface area contributed by atoms with Crippen LogP contribution in [0.1, 0.15) is 42.7 Å². The van der Waals surface area contributed by atoms with Crippen molar-refractivity contribution in [1.29, 1.82) is 0 Å². The Labute approximate surface area is 204 Å². The average Bonchev–Trinajstić information content (AvgIpc) is 3.41. The highest BCUT2D eigenvalue weighted by Crippen LogP contribution is 2.48. The lowest BCUT2D eigenvalue weighted by Gasteiger charge is -2.35. The number of rotatable bonds is 1. The summed E-state index contributed by atoms with van der Waals surface area (Å²) in [4.78, 5) is 4.45. The number of hydrogen-bond acceptors (Lipinski definition) is 1. The summed E-state index contributed by atoms with van der Waals surface area (Å²) in [6, 6.07) is 24.8. The fourth-order valence-electron chi connectivity index (χ4n) is 6.64. The molecule has 1 aliphatic heterocycles. The Morgan fingerprint density at radius 2 is 1.66 bits per heavy atom. The van der Waals surface area contributed by atoms with Crippen molar-refractivity contribution in [2.45, 2.75) is 32.1 Å². The molecule has 0 unspecified atom stereocenters. The summed E-state index contributed by atoms with van der Waals surface area (Å²) >= 11 is 0. The molecule has 0 N–H and O–H groups in total. The van der Waals surface area contributed by atoms with E-state index in [2.05, 4.69) is 107 Å². The smallest absolute Gasteiger partial charge is 0.0582 e. The molecular weight excluding hydrogens is 426 g/mol. The van der Waals surface area contributed by atoms with Crippen LogP contribution in [-0.2, 0) is 11.8 Å². The summed E-state index contributed by atoms with van der Waals surface area (Å²) in [5, 5.41) is 3.84. The Morgan fingerprint density at radius 1 is 0.800 bits per heavy atom. The largest absolute Gasteiger partial charge is 0.313 e. The second kappa shape index (κ2) is 6.51. The van der Waals surface area contributed by atoms with Gasteiger partial charge in [0.1, 0.15) is 0 Å². The summed E-state index contributed by atoms with van der Waals surface area (Å²) in [6.07, 6.45) is 10.7. The molecule has 0 fully saturated rings. The van der Waals surface area contributed by atoms with Gasteiger partial charge in [-0.2, -0.15) is 0 Å². The molecule has 0 atom stereocenters. The molecule has 6 aromatic rings. The van der Waals surface area contributed by atoms with E-state index in [1.54, 1.807) is 0 Å². The SMILES string of the molecule is CC1(C)c2cc(-n3c4c(c5ccccc53)C=CCC4)ccc2-n2c3ccncc3c3cccc1c32. The zero-order valence-electron chi connectivity index (χ0n) is 19.9. The zero-order chi connectivity index (χ0) is 23.3.